The summed E-state index contributed by atoms with van der Waals surface area (Å²) in [5.41, 5.74) is 2.90. The van der Waals surface area contributed by atoms with Crippen molar-refractivity contribution < 1.29 is 14.6 Å². The first-order valence-corrected chi connectivity index (χ1v) is 5.43. The van der Waals surface area contributed by atoms with Crippen molar-refractivity contribution in [2.24, 2.45) is 0 Å². The molecule has 1 fully saturated rings. The van der Waals surface area contributed by atoms with E-state index in [-0.39, 0.29) is 5.78 Å². The van der Waals surface area contributed by atoms with Crippen LogP contribution in [-0.4, -0.2) is 5.78 Å². The Bertz CT molecular complexity index is 590. The van der Waals surface area contributed by atoms with E-state index in [1.54, 1.807) is 12.1 Å². The lowest BCUT2D eigenvalue weighted by Gasteiger charge is -2.20. The molecule has 1 heterocycles. The van der Waals surface area contributed by atoms with Gasteiger partial charge in [0, 0.05) is 22.3 Å². The van der Waals surface area contributed by atoms with Crippen LogP contribution in [0.2, 0.25) is 0 Å². The summed E-state index contributed by atoms with van der Waals surface area (Å²) in [5, 5.41) is 0. The predicted molar refractivity (Wildman–Crippen MR) is 59.3 cm³/mol. The highest BCUT2D eigenvalue weighted by atomic mass is 17.4. The summed E-state index contributed by atoms with van der Waals surface area (Å²) in [5.74, 6) is -0.817. The fourth-order valence-corrected chi connectivity index (χ4v) is 2.45. The van der Waals surface area contributed by atoms with Gasteiger partial charge in [0.2, 0.25) is 0 Å². The van der Waals surface area contributed by atoms with E-state index in [9.17, 15) is 4.79 Å². The maximum Gasteiger partial charge on any atom is 0.285 e. The average Bonchev–Trinajstić information content (AvgIpc) is 3.18. The lowest BCUT2D eigenvalue weighted by Crippen LogP contribution is -2.25. The molecule has 2 aromatic carbocycles. The molecule has 0 atom stereocenters. The summed E-state index contributed by atoms with van der Waals surface area (Å²) in [4.78, 5) is 22.7. The quantitative estimate of drug-likeness (QED) is 0.509. The number of ketones is 1. The molecule has 0 unspecified atom stereocenters. The van der Waals surface area contributed by atoms with E-state index in [0.717, 1.165) is 11.1 Å². The molecule has 1 saturated heterocycles. The zero-order valence-electron chi connectivity index (χ0n) is 8.84. The molecule has 0 radical (unpaired) electrons. The molecule has 1 spiro atoms. The highest BCUT2D eigenvalue weighted by molar-refractivity contribution is 6.13. The van der Waals surface area contributed by atoms with E-state index >= 15 is 0 Å². The third-order valence-electron chi connectivity index (χ3n) is 3.30. The van der Waals surface area contributed by atoms with Crippen molar-refractivity contribution in [3.8, 4) is 0 Å². The van der Waals surface area contributed by atoms with Gasteiger partial charge in [-0.25, -0.2) is 0 Å². The molecule has 4 rings (SSSR count). The fourth-order valence-electron chi connectivity index (χ4n) is 2.45. The van der Waals surface area contributed by atoms with Crippen LogP contribution in [0.15, 0.2) is 48.5 Å². The SMILES string of the molecule is O=C1c2ccccc2C2(OO2)c2ccccc21. The van der Waals surface area contributed by atoms with Gasteiger partial charge in [-0.2, -0.15) is 9.78 Å². The minimum atomic E-state index is -0.846. The Kier molecular flexibility index (Phi) is 1.51. The van der Waals surface area contributed by atoms with Crippen LogP contribution >= 0.6 is 0 Å². The Labute approximate surface area is 97.5 Å². The van der Waals surface area contributed by atoms with Crippen LogP contribution in [0.1, 0.15) is 27.0 Å². The van der Waals surface area contributed by atoms with Gasteiger partial charge in [0.1, 0.15) is 0 Å². The van der Waals surface area contributed by atoms with Crippen LogP contribution in [0.3, 0.4) is 0 Å². The first-order chi connectivity index (χ1) is 8.33. The molecule has 82 valence electrons. The number of benzene rings is 2. The van der Waals surface area contributed by atoms with Crippen molar-refractivity contribution >= 4 is 5.78 Å². The van der Waals surface area contributed by atoms with E-state index in [0.29, 0.717) is 11.1 Å². The number of hydrogen-bond acceptors (Lipinski definition) is 3. The number of carbonyl (C=O) groups is 1. The zero-order chi connectivity index (χ0) is 11.5. The number of carbonyl (C=O) groups excluding carboxylic acids is 1. The molecule has 0 saturated carbocycles. The molecule has 2 aromatic rings. The van der Waals surface area contributed by atoms with Crippen molar-refractivity contribution in [3.05, 3.63) is 70.8 Å². The van der Waals surface area contributed by atoms with Crippen molar-refractivity contribution in [3.63, 3.8) is 0 Å². The maximum absolute atomic E-state index is 12.3. The van der Waals surface area contributed by atoms with Crippen molar-refractivity contribution in [2.75, 3.05) is 0 Å². The van der Waals surface area contributed by atoms with E-state index in [2.05, 4.69) is 0 Å². The van der Waals surface area contributed by atoms with Gasteiger partial charge in [-0.1, -0.05) is 48.5 Å². The summed E-state index contributed by atoms with van der Waals surface area (Å²) in [7, 11) is 0. The standard InChI is InChI=1S/C14H8O3/c15-13-9-5-1-3-7-11(9)14(16-17-14)12-8-4-2-6-10(12)13/h1-8H. The van der Waals surface area contributed by atoms with Gasteiger partial charge in [0.25, 0.3) is 5.79 Å². The monoisotopic (exact) mass is 224 g/mol. The van der Waals surface area contributed by atoms with Crippen molar-refractivity contribution in [1.29, 1.82) is 0 Å². The lowest BCUT2D eigenvalue weighted by atomic mass is 9.81. The summed E-state index contributed by atoms with van der Waals surface area (Å²) in [6, 6.07) is 14.8. The van der Waals surface area contributed by atoms with Crippen molar-refractivity contribution in [2.45, 2.75) is 5.79 Å². The van der Waals surface area contributed by atoms with E-state index < -0.39 is 5.79 Å². The summed E-state index contributed by atoms with van der Waals surface area (Å²) < 4.78 is 0. The van der Waals surface area contributed by atoms with Gasteiger partial charge < -0.3 is 0 Å². The molecular formula is C14H8O3. The minimum absolute atomic E-state index is 0.0286. The summed E-state index contributed by atoms with van der Waals surface area (Å²) in [6.07, 6.45) is 0. The minimum Gasteiger partial charge on any atom is -0.289 e. The maximum atomic E-state index is 12.3. The zero-order valence-corrected chi connectivity index (χ0v) is 8.84. The molecule has 3 nitrogen and oxygen atoms in total. The Morgan fingerprint density at radius 2 is 1.24 bits per heavy atom. The third-order valence-corrected chi connectivity index (χ3v) is 3.30. The third kappa shape index (κ3) is 1.00. The van der Waals surface area contributed by atoms with E-state index in [4.69, 9.17) is 9.78 Å². The van der Waals surface area contributed by atoms with Gasteiger partial charge in [-0.15, -0.1) is 0 Å². The second-order valence-electron chi connectivity index (χ2n) is 4.20. The molecule has 0 amide bonds. The number of fused-ring (bicyclic) bond motifs is 4. The first-order valence-electron chi connectivity index (χ1n) is 5.43. The van der Waals surface area contributed by atoms with Gasteiger partial charge >= 0.3 is 0 Å². The second-order valence-corrected chi connectivity index (χ2v) is 4.20. The molecule has 0 N–H and O–H groups in total. The normalized spacial score (nSPS) is 18.7. The van der Waals surface area contributed by atoms with Gasteiger partial charge in [0.05, 0.1) is 0 Å². The molecule has 1 aliphatic carbocycles. The van der Waals surface area contributed by atoms with Crippen molar-refractivity contribution in [1.82, 2.24) is 0 Å². The first kappa shape index (κ1) is 9.10. The van der Waals surface area contributed by atoms with Gasteiger partial charge in [-0.3, -0.25) is 4.79 Å². The van der Waals surface area contributed by atoms with E-state index in [1.807, 2.05) is 36.4 Å². The molecule has 2 aliphatic rings. The smallest absolute Gasteiger partial charge is 0.285 e. The molecular weight excluding hydrogens is 216 g/mol. The average molecular weight is 224 g/mol. The predicted octanol–water partition coefficient (Wildman–Crippen LogP) is 2.39. The second kappa shape index (κ2) is 2.83. The number of rotatable bonds is 0. The highest BCUT2D eigenvalue weighted by Gasteiger charge is 2.58. The number of hydrogen-bond donors (Lipinski definition) is 0. The Morgan fingerprint density at radius 1 is 0.765 bits per heavy atom. The van der Waals surface area contributed by atoms with Crippen LogP contribution in [0, 0.1) is 0 Å². The largest absolute Gasteiger partial charge is 0.289 e. The molecule has 0 aromatic heterocycles. The Balaban J connectivity index is 2.09. The van der Waals surface area contributed by atoms with Gasteiger partial charge in [0.15, 0.2) is 5.78 Å². The highest BCUT2D eigenvalue weighted by Crippen LogP contribution is 2.52. The van der Waals surface area contributed by atoms with Crippen LogP contribution in [0.5, 0.6) is 0 Å². The fraction of sp³-hybridized carbons (Fsp3) is 0.0714. The summed E-state index contributed by atoms with van der Waals surface area (Å²) in [6.45, 7) is 0. The van der Waals surface area contributed by atoms with Crippen LogP contribution < -0.4 is 0 Å². The van der Waals surface area contributed by atoms with Crippen LogP contribution in [0.4, 0.5) is 0 Å². The summed E-state index contributed by atoms with van der Waals surface area (Å²) >= 11 is 0. The molecule has 3 heteroatoms. The van der Waals surface area contributed by atoms with Gasteiger partial charge in [-0.05, 0) is 0 Å². The molecule has 0 bridgehead atoms. The molecule has 1 aliphatic heterocycles. The topological polar surface area (TPSA) is 42.1 Å². The Morgan fingerprint density at radius 3 is 1.71 bits per heavy atom. The lowest BCUT2D eigenvalue weighted by molar-refractivity contribution is 0.0850. The molecule has 17 heavy (non-hydrogen) atoms. The Hall–Kier alpha value is -1.97. The van der Waals surface area contributed by atoms with Crippen LogP contribution in [0.25, 0.3) is 0 Å². The van der Waals surface area contributed by atoms with Crippen LogP contribution in [-0.2, 0) is 15.6 Å². The van der Waals surface area contributed by atoms with E-state index in [1.165, 1.54) is 0 Å².